The van der Waals surface area contributed by atoms with Crippen molar-refractivity contribution in [2.45, 2.75) is 12.9 Å². The molecule has 1 heterocycles. The number of hydrogen-bond acceptors (Lipinski definition) is 3. The highest BCUT2D eigenvalue weighted by molar-refractivity contribution is 5.91. The Morgan fingerprint density at radius 1 is 1.23 bits per heavy atom. The van der Waals surface area contributed by atoms with Crippen LogP contribution in [0.15, 0.2) is 47.1 Å². The van der Waals surface area contributed by atoms with Gasteiger partial charge in [-0.3, -0.25) is 4.79 Å². The lowest BCUT2D eigenvalue weighted by Gasteiger charge is -2.09. The van der Waals surface area contributed by atoms with Crippen LogP contribution in [-0.4, -0.2) is 18.8 Å². The Labute approximate surface area is 124 Å². The van der Waals surface area contributed by atoms with E-state index in [1.165, 1.54) is 12.1 Å². The van der Waals surface area contributed by atoms with Gasteiger partial charge in [-0.25, -0.2) is 0 Å². The Morgan fingerprint density at radius 3 is 2.55 bits per heavy atom. The van der Waals surface area contributed by atoms with E-state index in [4.69, 9.17) is 4.42 Å². The van der Waals surface area contributed by atoms with Crippen molar-refractivity contribution in [2.24, 2.45) is 0 Å². The molecular weight excluding hydrogens is 301 g/mol. The molecule has 0 unspecified atom stereocenters. The Bertz CT molecular complexity index is 595. The molecule has 118 valence electrons. The zero-order valence-corrected chi connectivity index (χ0v) is 11.4. The van der Waals surface area contributed by atoms with Crippen molar-refractivity contribution in [3.05, 3.63) is 48.4 Å². The first-order chi connectivity index (χ1) is 10.4. The number of hydrogen-bond donors (Lipinski definition) is 2. The third kappa shape index (κ3) is 5.49. The van der Waals surface area contributed by atoms with Gasteiger partial charge in [0, 0.05) is 5.69 Å². The summed E-state index contributed by atoms with van der Waals surface area (Å²) in [7, 11) is 0. The number of ether oxygens (including phenoxy) is 1. The van der Waals surface area contributed by atoms with Crippen LogP contribution in [0.25, 0.3) is 0 Å². The minimum Gasteiger partial charge on any atom is -0.463 e. The number of rotatable bonds is 6. The summed E-state index contributed by atoms with van der Waals surface area (Å²) in [6.45, 7) is 0.695. The normalized spacial score (nSPS) is 11.2. The number of benzene rings is 1. The van der Waals surface area contributed by atoms with Crippen molar-refractivity contribution >= 4 is 11.6 Å². The van der Waals surface area contributed by atoms with Gasteiger partial charge < -0.3 is 19.8 Å². The molecule has 22 heavy (non-hydrogen) atoms. The molecule has 0 aliphatic carbocycles. The molecule has 0 aliphatic rings. The van der Waals surface area contributed by atoms with Gasteiger partial charge in [-0.2, -0.15) is 0 Å². The zero-order valence-electron chi connectivity index (χ0n) is 11.4. The SMILES string of the molecule is O=C(C[NH2+]Cc1ccco1)Nc1ccc(OC(F)(F)F)cc1. The number of nitrogens with two attached hydrogens (primary N) is 1. The maximum Gasteiger partial charge on any atom is 0.573 e. The van der Waals surface area contributed by atoms with Gasteiger partial charge in [-0.1, -0.05) is 0 Å². The maximum absolute atomic E-state index is 12.0. The summed E-state index contributed by atoms with van der Waals surface area (Å²) in [6, 6.07) is 8.50. The summed E-state index contributed by atoms with van der Waals surface area (Å²) >= 11 is 0. The quantitative estimate of drug-likeness (QED) is 0.855. The van der Waals surface area contributed by atoms with Crippen LogP contribution in [0.5, 0.6) is 5.75 Å². The van der Waals surface area contributed by atoms with Gasteiger partial charge in [0.1, 0.15) is 12.3 Å². The molecule has 8 heteroatoms. The number of quaternary nitrogens is 1. The Balaban J connectivity index is 1.76. The van der Waals surface area contributed by atoms with E-state index >= 15 is 0 Å². The van der Waals surface area contributed by atoms with Gasteiger partial charge in [0.15, 0.2) is 12.3 Å². The number of amides is 1. The van der Waals surface area contributed by atoms with Gasteiger partial charge >= 0.3 is 6.36 Å². The minimum absolute atomic E-state index is 0.168. The van der Waals surface area contributed by atoms with E-state index in [1.54, 1.807) is 23.7 Å². The topological polar surface area (TPSA) is 68.1 Å². The van der Waals surface area contributed by atoms with Crippen LogP contribution >= 0.6 is 0 Å². The molecule has 2 rings (SSSR count). The molecule has 0 radical (unpaired) electrons. The largest absolute Gasteiger partial charge is 0.573 e. The van der Waals surface area contributed by atoms with E-state index in [0.29, 0.717) is 12.2 Å². The Morgan fingerprint density at radius 2 is 1.95 bits per heavy atom. The van der Waals surface area contributed by atoms with Crippen LogP contribution in [0.3, 0.4) is 0 Å². The number of anilines is 1. The third-order valence-corrected chi connectivity index (χ3v) is 2.63. The summed E-state index contributed by atoms with van der Waals surface area (Å²) in [5, 5.41) is 4.32. The molecule has 1 aromatic heterocycles. The molecular formula is C14H14F3N2O3+. The molecule has 3 N–H and O–H groups in total. The summed E-state index contributed by atoms with van der Waals surface area (Å²) in [5.74, 6) is 0.146. The molecule has 0 fully saturated rings. The smallest absolute Gasteiger partial charge is 0.463 e. The molecule has 0 atom stereocenters. The van der Waals surface area contributed by atoms with Crippen LogP contribution < -0.4 is 15.4 Å². The lowest BCUT2D eigenvalue weighted by molar-refractivity contribution is -0.661. The summed E-state index contributed by atoms with van der Waals surface area (Å²) < 4.78 is 44.9. The zero-order chi connectivity index (χ0) is 16.0. The lowest BCUT2D eigenvalue weighted by Crippen LogP contribution is -2.84. The lowest BCUT2D eigenvalue weighted by atomic mass is 10.3. The average Bonchev–Trinajstić information content (AvgIpc) is 2.92. The number of furan rings is 1. The summed E-state index contributed by atoms with van der Waals surface area (Å²) in [4.78, 5) is 11.7. The number of nitrogens with one attached hydrogen (secondary N) is 1. The Hall–Kier alpha value is -2.48. The maximum atomic E-state index is 12.0. The number of carbonyl (C=O) groups excluding carboxylic acids is 1. The van der Waals surface area contributed by atoms with Crippen LogP contribution in [-0.2, 0) is 11.3 Å². The number of carbonyl (C=O) groups is 1. The van der Waals surface area contributed by atoms with Gasteiger partial charge in [0.05, 0.1) is 6.26 Å². The fourth-order valence-corrected chi connectivity index (χ4v) is 1.73. The molecule has 1 aromatic carbocycles. The van der Waals surface area contributed by atoms with E-state index in [9.17, 15) is 18.0 Å². The van der Waals surface area contributed by atoms with Gasteiger partial charge in [-0.15, -0.1) is 13.2 Å². The highest BCUT2D eigenvalue weighted by atomic mass is 19.4. The van der Waals surface area contributed by atoms with Gasteiger partial charge in [0.25, 0.3) is 5.91 Å². The second-order valence-corrected chi connectivity index (χ2v) is 4.40. The van der Waals surface area contributed by atoms with Crippen molar-refractivity contribution in [1.29, 1.82) is 0 Å². The van der Waals surface area contributed by atoms with Crippen LogP contribution in [0.4, 0.5) is 18.9 Å². The predicted molar refractivity (Wildman–Crippen MR) is 71.0 cm³/mol. The molecule has 0 bridgehead atoms. The molecule has 0 saturated carbocycles. The average molecular weight is 315 g/mol. The van der Waals surface area contributed by atoms with Crippen LogP contribution in [0, 0.1) is 0 Å². The highest BCUT2D eigenvalue weighted by Crippen LogP contribution is 2.23. The van der Waals surface area contributed by atoms with Gasteiger partial charge in [0.2, 0.25) is 0 Å². The summed E-state index contributed by atoms with van der Waals surface area (Å²) in [5.41, 5.74) is 0.394. The number of alkyl halides is 3. The molecule has 2 aromatic rings. The van der Waals surface area contributed by atoms with Crippen molar-refractivity contribution < 1.29 is 32.4 Å². The number of halogens is 3. The minimum atomic E-state index is -4.73. The first-order valence-electron chi connectivity index (χ1n) is 6.42. The Kier molecular flexibility index (Phi) is 5.05. The molecule has 0 aliphatic heterocycles. The van der Waals surface area contributed by atoms with Crippen molar-refractivity contribution in [3.8, 4) is 5.75 Å². The molecule has 5 nitrogen and oxygen atoms in total. The fraction of sp³-hybridized carbons (Fsp3) is 0.214. The molecule has 0 spiro atoms. The molecule has 1 amide bonds. The van der Waals surface area contributed by atoms with Crippen molar-refractivity contribution in [3.63, 3.8) is 0 Å². The molecule has 0 saturated heterocycles. The van der Waals surface area contributed by atoms with E-state index in [1.807, 2.05) is 0 Å². The van der Waals surface area contributed by atoms with E-state index in [2.05, 4.69) is 10.1 Å². The monoisotopic (exact) mass is 315 g/mol. The third-order valence-electron chi connectivity index (χ3n) is 2.63. The van der Waals surface area contributed by atoms with Crippen molar-refractivity contribution in [2.75, 3.05) is 11.9 Å². The van der Waals surface area contributed by atoms with E-state index < -0.39 is 6.36 Å². The second-order valence-electron chi connectivity index (χ2n) is 4.40. The predicted octanol–water partition coefficient (Wildman–Crippen LogP) is 1.88. The second kappa shape index (κ2) is 6.99. The van der Waals surface area contributed by atoms with E-state index in [-0.39, 0.29) is 18.2 Å². The van der Waals surface area contributed by atoms with Crippen LogP contribution in [0.1, 0.15) is 5.76 Å². The standard InChI is InChI=1S/C14H13F3N2O3/c15-14(16,17)22-11-5-3-10(4-6-11)19-13(20)9-18-8-12-2-1-7-21-12/h1-7,18H,8-9H2,(H,19,20)/p+1. The summed E-state index contributed by atoms with van der Waals surface area (Å²) in [6.07, 6.45) is -3.18. The van der Waals surface area contributed by atoms with E-state index in [0.717, 1.165) is 17.9 Å². The fourth-order valence-electron chi connectivity index (χ4n) is 1.73. The first kappa shape index (κ1) is 15.9. The first-order valence-corrected chi connectivity index (χ1v) is 6.42. The highest BCUT2D eigenvalue weighted by Gasteiger charge is 2.30. The van der Waals surface area contributed by atoms with Gasteiger partial charge in [-0.05, 0) is 36.4 Å². The van der Waals surface area contributed by atoms with Crippen LogP contribution in [0.2, 0.25) is 0 Å². The van der Waals surface area contributed by atoms with Crippen molar-refractivity contribution in [1.82, 2.24) is 0 Å².